The van der Waals surface area contributed by atoms with Crippen LogP contribution in [0.1, 0.15) is 12.5 Å². The summed E-state index contributed by atoms with van der Waals surface area (Å²) in [6, 6.07) is 7.84. The Kier molecular flexibility index (Phi) is 4.23. The van der Waals surface area contributed by atoms with E-state index in [0.29, 0.717) is 11.5 Å². The molecule has 1 aromatic heterocycles. The van der Waals surface area contributed by atoms with Gasteiger partial charge in [-0.2, -0.15) is 0 Å². The van der Waals surface area contributed by atoms with Crippen LogP contribution < -0.4 is 14.8 Å². The van der Waals surface area contributed by atoms with Crippen LogP contribution in [0.25, 0.3) is 0 Å². The highest BCUT2D eigenvalue weighted by Gasteiger charge is 2.07. The Morgan fingerprint density at radius 2 is 2.00 bits per heavy atom. The highest BCUT2D eigenvalue weighted by molar-refractivity contribution is 5.49. The molecule has 1 N–H and O–H groups in total. The number of anilines is 1. The van der Waals surface area contributed by atoms with Crippen molar-refractivity contribution in [3.8, 4) is 17.2 Å². The average molecular weight is 258 g/mol. The van der Waals surface area contributed by atoms with Gasteiger partial charge in [0.05, 0.1) is 25.2 Å². The molecule has 0 spiro atoms. The van der Waals surface area contributed by atoms with Crippen molar-refractivity contribution in [2.75, 3.05) is 19.5 Å². The lowest BCUT2D eigenvalue weighted by atomic mass is 10.1. The smallest absolute Gasteiger partial charge is 0.169 e. The second-order valence-electron chi connectivity index (χ2n) is 4.10. The molecule has 19 heavy (non-hydrogen) atoms. The number of nitrogens with one attached hydrogen (secondary N) is 1. The first kappa shape index (κ1) is 13.2. The number of hydrogen-bond donors (Lipinski definition) is 1. The van der Waals surface area contributed by atoms with Crippen molar-refractivity contribution in [3.05, 3.63) is 42.2 Å². The van der Waals surface area contributed by atoms with Crippen molar-refractivity contribution in [1.82, 2.24) is 4.98 Å². The monoisotopic (exact) mass is 258 g/mol. The Labute approximate surface area is 113 Å². The minimum Gasteiger partial charge on any atom is -0.493 e. The summed E-state index contributed by atoms with van der Waals surface area (Å²) in [6.07, 6.45) is 4.38. The van der Waals surface area contributed by atoms with Crippen LogP contribution in [0.5, 0.6) is 17.2 Å². The third-order valence-corrected chi connectivity index (χ3v) is 2.87. The Balaban J connectivity index is 2.26. The Hall–Kier alpha value is -2.23. The van der Waals surface area contributed by atoms with Crippen LogP contribution in [0.15, 0.2) is 36.7 Å². The van der Waals surface area contributed by atoms with Crippen molar-refractivity contribution in [1.29, 1.82) is 0 Å². The van der Waals surface area contributed by atoms with E-state index < -0.39 is 0 Å². The highest BCUT2D eigenvalue weighted by Crippen LogP contribution is 2.32. The minimum absolute atomic E-state index is 0.675. The van der Waals surface area contributed by atoms with Gasteiger partial charge < -0.3 is 14.8 Å². The summed E-state index contributed by atoms with van der Waals surface area (Å²) >= 11 is 0. The average Bonchev–Trinajstić information content (AvgIpc) is 2.48. The van der Waals surface area contributed by atoms with Crippen molar-refractivity contribution in [3.63, 3.8) is 0 Å². The summed E-state index contributed by atoms with van der Waals surface area (Å²) in [7, 11) is 3.49. The molecule has 100 valence electrons. The lowest BCUT2D eigenvalue weighted by Crippen LogP contribution is -1.94. The Morgan fingerprint density at radius 3 is 2.68 bits per heavy atom. The van der Waals surface area contributed by atoms with Crippen LogP contribution in [0, 0.1) is 0 Å². The fourth-order valence-corrected chi connectivity index (χ4v) is 1.75. The zero-order valence-electron chi connectivity index (χ0n) is 11.4. The molecule has 0 aliphatic rings. The zero-order chi connectivity index (χ0) is 13.7. The second kappa shape index (κ2) is 6.09. The molecule has 0 fully saturated rings. The fraction of sp³-hybridized carbons (Fsp3) is 0.267. The summed E-state index contributed by atoms with van der Waals surface area (Å²) in [5.41, 5.74) is 2.12. The van der Waals surface area contributed by atoms with Gasteiger partial charge in [0.2, 0.25) is 0 Å². The molecule has 0 unspecified atom stereocenters. The van der Waals surface area contributed by atoms with Gasteiger partial charge in [0.1, 0.15) is 5.75 Å². The van der Waals surface area contributed by atoms with Gasteiger partial charge >= 0.3 is 0 Å². The van der Waals surface area contributed by atoms with E-state index >= 15 is 0 Å². The number of ether oxygens (including phenoxy) is 2. The third kappa shape index (κ3) is 3.16. The van der Waals surface area contributed by atoms with Crippen LogP contribution in [0.4, 0.5) is 5.69 Å². The minimum atomic E-state index is 0.675. The number of pyridine rings is 1. The zero-order valence-corrected chi connectivity index (χ0v) is 11.4. The molecular weight excluding hydrogens is 240 g/mol. The lowest BCUT2D eigenvalue weighted by Gasteiger charge is -2.12. The number of aromatic nitrogens is 1. The molecule has 0 amide bonds. The van der Waals surface area contributed by atoms with E-state index in [1.807, 2.05) is 31.3 Å². The first-order chi connectivity index (χ1) is 9.26. The van der Waals surface area contributed by atoms with Crippen LogP contribution in [-0.2, 0) is 6.42 Å². The SMILES string of the molecule is CCc1ccc(Oc2cncc(NC)c2)c(OC)c1. The van der Waals surface area contributed by atoms with Crippen LogP contribution in [0.2, 0.25) is 0 Å². The van der Waals surface area contributed by atoms with Crippen molar-refractivity contribution >= 4 is 5.69 Å². The summed E-state index contributed by atoms with van der Waals surface area (Å²) in [4.78, 5) is 4.11. The first-order valence-corrected chi connectivity index (χ1v) is 6.24. The van der Waals surface area contributed by atoms with Crippen molar-refractivity contribution < 1.29 is 9.47 Å². The van der Waals surface area contributed by atoms with Crippen molar-refractivity contribution in [2.45, 2.75) is 13.3 Å². The maximum absolute atomic E-state index is 5.81. The largest absolute Gasteiger partial charge is 0.493 e. The van der Waals surface area contributed by atoms with E-state index in [4.69, 9.17) is 9.47 Å². The third-order valence-electron chi connectivity index (χ3n) is 2.87. The quantitative estimate of drug-likeness (QED) is 0.891. The maximum atomic E-state index is 5.81. The molecular formula is C15H18N2O2. The van der Waals surface area contributed by atoms with E-state index in [-0.39, 0.29) is 0 Å². The van der Waals surface area contributed by atoms with Gasteiger partial charge in [-0.3, -0.25) is 4.98 Å². The summed E-state index contributed by atoms with van der Waals surface area (Å²) in [6.45, 7) is 2.11. The molecule has 1 aromatic carbocycles. The molecule has 0 aliphatic carbocycles. The molecule has 0 saturated carbocycles. The molecule has 0 aliphatic heterocycles. The Bertz CT molecular complexity index is 556. The number of aryl methyl sites for hydroxylation is 1. The van der Waals surface area contributed by atoms with Gasteiger partial charge in [-0.25, -0.2) is 0 Å². The van der Waals surface area contributed by atoms with Crippen LogP contribution >= 0.6 is 0 Å². The lowest BCUT2D eigenvalue weighted by molar-refractivity contribution is 0.378. The van der Waals surface area contributed by atoms with E-state index in [0.717, 1.165) is 17.9 Å². The number of hydrogen-bond acceptors (Lipinski definition) is 4. The van der Waals surface area contributed by atoms with E-state index in [1.165, 1.54) is 5.56 Å². The summed E-state index contributed by atoms with van der Waals surface area (Å²) < 4.78 is 11.2. The molecule has 2 rings (SSSR count). The molecule has 0 saturated heterocycles. The molecule has 0 atom stereocenters. The second-order valence-corrected chi connectivity index (χ2v) is 4.10. The molecule has 2 aromatic rings. The summed E-state index contributed by atoms with van der Waals surface area (Å²) in [5, 5.41) is 3.03. The van der Waals surface area contributed by atoms with Gasteiger partial charge in [-0.15, -0.1) is 0 Å². The summed E-state index contributed by atoms with van der Waals surface area (Å²) in [5.74, 6) is 2.10. The normalized spacial score (nSPS) is 10.1. The molecule has 4 nitrogen and oxygen atoms in total. The standard InChI is InChI=1S/C15H18N2O2/c1-4-11-5-6-14(15(7-11)18-3)19-13-8-12(16-2)9-17-10-13/h5-10,16H,4H2,1-3H3. The molecule has 1 heterocycles. The number of rotatable bonds is 5. The highest BCUT2D eigenvalue weighted by atomic mass is 16.5. The fourth-order valence-electron chi connectivity index (χ4n) is 1.75. The maximum Gasteiger partial charge on any atom is 0.169 e. The van der Waals surface area contributed by atoms with Crippen LogP contribution in [0.3, 0.4) is 0 Å². The predicted octanol–water partition coefficient (Wildman–Crippen LogP) is 3.49. The van der Waals surface area contributed by atoms with Gasteiger partial charge in [0.15, 0.2) is 11.5 Å². The molecule has 0 radical (unpaired) electrons. The van der Waals surface area contributed by atoms with Crippen LogP contribution in [-0.4, -0.2) is 19.1 Å². The number of nitrogens with zero attached hydrogens (tertiary/aromatic N) is 1. The van der Waals surface area contributed by atoms with Gasteiger partial charge in [0, 0.05) is 13.1 Å². The molecule has 4 heteroatoms. The topological polar surface area (TPSA) is 43.4 Å². The number of benzene rings is 1. The molecule has 0 bridgehead atoms. The van der Waals surface area contributed by atoms with Gasteiger partial charge in [-0.1, -0.05) is 13.0 Å². The van der Waals surface area contributed by atoms with E-state index in [1.54, 1.807) is 19.5 Å². The Morgan fingerprint density at radius 1 is 1.16 bits per heavy atom. The van der Waals surface area contributed by atoms with Gasteiger partial charge in [-0.05, 0) is 24.1 Å². The first-order valence-electron chi connectivity index (χ1n) is 6.24. The van der Waals surface area contributed by atoms with E-state index in [9.17, 15) is 0 Å². The predicted molar refractivity (Wildman–Crippen MR) is 76.2 cm³/mol. The number of methoxy groups -OCH3 is 1. The van der Waals surface area contributed by atoms with Crippen molar-refractivity contribution in [2.24, 2.45) is 0 Å². The van der Waals surface area contributed by atoms with E-state index in [2.05, 4.69) is 17.2 Å². The van der Waals surface area contributed by atoms with Gasteiger partial charge in [0.25, 0.3) is 0 Å².